The van der Waals surface area contributed by atoms with Gasteiger partial charge in [0.25, 0.3) is 0 Å². The van der Waals surface area contributed by atoms with Crippen LogP contribution in [0.4, 0.5) is 0 Å². The Bertz CT molecular complexity index is 587. The standard InChI is InChI=1S/C11H11Cl2NO3S/c1-7-3-5-9(6-4-7)18(16,17)11(10(12)13)14-8(2)15/h3-6H,1-2H3,(H,14,15). The van der Waals surface area contributed by atoms with Crippen molar-refractivity contribution in [1.29, 1.82) is 0 Å². The molecule has 0 aliphatic rings. The van der Waals surface area contributed by atoms with Gasteiger partial charge in [-0.05, 0) is 19.1 Å². The Morgan fingerprint density at radius 2 is 1.67 bits per heavy atom. The maximum absolute atomic E-state index is 12.2. The first-order chi connectivity index (χ1) is 8.25. The van der Waals surface area contributed by atoms with Crippen molar-refractivity contribution in [3.05, 3.63) is 39.3 Å². The first-order valence-corrected chi connectivity index (χ1v) is 7.13. The lowest BCUT2D eigenvalue weighted by Gasteiger charge is -2.10. The number of sulfone groups is 1. The van der Waals surface area contributed by atoms with Crippen LogP contribution in [0, 0.1) is 6.92 Å². The van der Waals surface area contributed by atoms with E-state index in [2.05, 4.69) is 5.32 Å². The Hall–Kier alpha value is -1.04. The molecular weight excluding hydrogens is 297 g/mol. The van der Waals surface area contributed by atoms with Gasteiger partial charge in [-0.25, -0.2) is 8.42 Å². The molecule has 1 rings (SSSR count). The van der Waals surface area contributed by atoms with Crippen LogP contribution in [-0.4, -0.2) is 14.3 Å². The average Bonchev–Trinajstić information content (AvgIpc) is 2.25. The first-order valence-electron chi connectivity index (χ1n) is 4.90. The average molecular weight is 308 g/mol. The lowest BCUT2D eigenvalue weighted by molar-refractivity contribution is -0.118. The summed E-state index contributed by atoms with van der Waals surface area (Å²) in [5, 5.41) is 1.61. The van der Waals surface area contributed by atoms with E-state index in [0.29, 0.717) is 0 Å². The summed E-state index contributed by atoms with van der Waals surface area (Å²) in [5.74, 6) is -0.570. The van der Waals surface area contributed by atoms with Crippen molar-refractivity contribution in [3.63, 3.8) is 0 Å². The third-order valence-corrected chi connectivity index (χ3v) is 4.40. The predicted molar refractivity (Wildman–Crippen MR) is 70.9 cm³/mol. The molecule has 18 heavy (non-hydrogen) atoms. The molecule has 0 atom stereocenters. The Kier molecular flexibility index (Phi) is 4.78. The van der Waals surface area contributed by atoms with Crippen molar-refractivity contribution in [2.75, 3.05) is 0 Å². The predicted octanol–water partition coefficient (Wildman–Crippen LogP) is 2.51. The molecule has 0 fully saturated rings. The Labute approximate surface area is 116 Å². The number of carbonyl (C=O) groups excluding carboxylic acids is 1. The van der Waals surface area contributed by atoms with Gasteiger partial charge in [-0.2, -0.15) is 0 Å². The van der Waals surface area contributed by atoms with Crippen LogP contribution in [0.15, 0.2) is 38.7 Å². The van der Waals surface area contributed by atoms with Crippen LogP contribution in [0.1, 0.15) is 12.5 Å². The molecule has 1 N–H and O–H groups in total. The molecule has 0 aliphatic carbocycles. The number of carbonyl (C=O) groups is 1. The van der Waals surface area contributed by atoms with Gasteiger partial charge in [0, 0.05) is 6.92 Å². The normalized spacial score (nSPS) is 10.9. The van der Waals surface area contributed by atoms with Gasteiger partial charge in [0.05, 0.1) is 4.90 Å². The van der Waals surface area contributed by atoms with Crippen LogP contribution < -0.4 is 5.32 Å². The fourth-order valence-corrected chi connectivity index (χ4v) is 3.13. The Morgan fingerprint density at radius 3 is 2.06 bits per heavy atom. The molecule has 1 aromatic carbocycles. The summed E-state index contributed by atoms with van der Waals surface area (Å²) in [7, 11) is -3.93. The van der Waals surface area contributed by atoms with Crippen LogP contribution >= 0.6 is 23.2 Å². The molecule has 7 heteroatoms. The number of benzene rings is 1. The molecule has 0 saturated heterocycles. The Balaban J connectivity index is 3.31. The molecule has 0 saturated carbocycles. The maximum atomic E-state index is 12.2. The highest BCUT2D eigenvalue weighted by Crippen LogP contribution is 2.24. The monoisotopic (exact) mass is 307 g/mol. The lowest BCUT2D eigenvalue weighted by atomic mass is 10.2. The summed E-state index contributed by atoms with van der Waals surface area (Å²) in [6, 6.07) is 6.12. The number of amides is 1. The van der Waals surface area contributed by atoms with Gasteiger partial charge in [0.2, 0.25) is 15.7 Å². The van der Waals surface area contributed by atoms with Gasteiger partial charge in [0.1, 0.15) is 4.49 Å². The highest BCUT2D eigenvalue weighted by molar-refractivity contribution is 7.95. The molecule has 0 heterocycles. The topological polar surface area (TPSA) is 63.2 Å². The van der Waals surface area contributed by atoms with E-state index < -0.39 is 25.3 Å². The van der Waals surface area contributed by atoms with E-state index in [1.807, 2.05) is 6.92 Å². The highest BCUT2D eigenvalue weighted by atomic mass is 35.5. The SMILES string of the molecule is CC(=O)NC(=C(Cl)Cl)S(=O)(=O)c1ccc(C)cc1. The van der Waals surface area contributed by atoms with Crippen molar-refractivity contribution in [2.24, 2.45) is 0 Å². The van der Waals surface area contributed by atoms with E-state index >= 15 is 0 Å². The molecule has 0 aliphatic heterocycles. The quantitative estimate of drug-likeness (QED) is 0.933. The summed E-state index contributed by atoms with van der Waals surface area (Å²) in [6.07, 6.45) is 0. The number of aryl methyl sites for hydroxylation is 1. The summed E-state index contributed by atoms with van der Waals surface area (Å²) in [6.45, 7) is 3.00. The second kappa shape index (κ2) is 5.73. The molecule has 98 valence electrons. The van der Waals surface area contributed by atoms with Gasteiger partial charge in [-0.1, -0.05) is 40.9 Å². The second-order valence-electron chi connectivity index (χ2n) is 3.59. The second-order valence-corrected chi connectivity index (χ2v) is 6.42. The maximum Gasteiger partial charge on any atom is 0.224 e. The third-order valence-electron chi connectivity index (χ3n) is 2.06. The third kappa shape index (κ3) is 3.48. The molecule has 0 aromatic heterocycles. The molecule has 0 bridgehead atoms. The number of nitrogens with one attached hydrogen (secondary N) is 1. The van der Waals surface area contributed by atoms with Crippen LogP contribution in [0.3, 0.4) is 0 Å². The van der Waals surface area contributed by atoms with Crippen molar-refractivity contribution in [2.45, 2.75) is 18.7 Å². The largest absolute Gasteiger partial charge is 0.315 e. The van der Waals surface area contributed by atoms with Gasteiger partial charge in [-0.15, -0.1) is 0 Å². The van der Waals surface area contributed by atoms with Gasteiger partial charge >= 0.3 is 0 Å². The van der Waals surface area contributed by atoms with E-state index in [9.17, 15) is 13.2 Å². The van der Waals surface area contributed by atoms with Crippen molar-refractivity contribution >= 4 is 38.9 Å². The molecule has 0 radical (unpaired) electrons. The van der Waals surface area contributed by atoms with Gasteiger partial charge in [-0.3, -0.25) is 4.79 Å². The zero-order chi connectivity index (χ0) is 13.9. The van der Waals surface area contributed by atoms with Crippen molar-refractivity contribution in [3.8, 4) is 0 Å². The molecular formula is C11H11Cl2NO3S. The Morgan fingerprint density at radius 1 is 1.17 bits per heavy atom. The van der Waals surface area contributed by atoms with Crippen LogP contribution in [0.5, 0.6) is 0 Å². The molecule has 0 unspecified atom stereocenters. The molecule has 0 spiro atoms. The number of hydrogen-bond donors (Lipinski definition) is 1. The zero-order valence-electron chi connectivity index (χ0n) is 9.70. The lowest BCUT2D eigenvalue weighted by Crippen LogP contribution is -2.25. The zero-order valence-corrected chi connectivity index (χ0v) is 12.0. The molecule has 4 nitrogen and oxygen atoms in total. The van der Waals surface area contributed by atoms with E-state index in [0.717, 1.165) is 5.56 Å². The smallest absolute Gasteiger partial charge is 0.224 e. The highest BCUT2D eigenvalue weighted by Gasteiger charge is 2.24. The first kappa shape index (κ1) is 15.0. The minimum absolute atomic E-state index is 0.00986. The van der Waals surface area contributed by atoms with Gasteiger partial charge < -0.3 is 5.32 Å². The van der Waals surface area contributed by atoms with Crippen LogP contribution in [-0.2, 0) is 14.6 Å². The molecule has 1 aromatic rings. The minimum Gasteiger partial charge on any atom is -0.315 e. The van der Waals surface area contributed by atoms with E-state index in [4.69, 9.17) is 23.2 Å². The van der Waals surface area contributed by atoms with E-state index in [1.165, 1.54) is 19.1 Å². The van der Waals surface area contributed by atoms with Crippen molar-refractivity contribution < 1.29 is 13.2 Å². The van der Waals surface area contributed by atoms with Crippen molar-refractivity contribution in [1.82, 2.24) is 5.32 Å². The minimum atomic E-state index is -3.93. The number of rotatable bonds is 3. The fraction of sp³-hybridized carbons (Fsp3) is 0.182. The van der Waals surface area contributed by atoms with Crippen LogP contribution in [0.25, 0.3) is 0 Å². The summed E-state index contributed by atoms with van der Waals surface area (Å²) < 4.78 is 23.8. The number of halogens is 2. The summed E-state index contributed by atoms with van der Waals surface area (Å²) in [5.41, 5.74) is 0.913. The van der Waals surface area contributed by atoms with Gasteiger partial charge in [0.15, 0.2) is 5.03 Å². The molecule has 1 amide bonds. The number of hydrogen-bond acceptors (Lipinski definition) is 3. The summed E-state index contributed by atoms with van der Waals surface area (Å²) in [4.78, 5) is 11.0. The van der Waals surface area contributed by atoms with Crippen LogP contribution in [0.2, 0.25) is 0 Å². The summed E-state index contributed by atoms with van der Waals surface area (Å²) >= 11 is 11.0. The van der Waals surface area contributed by atoms with E-state index in [-0.39, 0.29) is 4.90 Å². The van der Waals surface area contributed by atoms with E-state index in [1.54, 1.807) is 12.1 Å². The fourth-order valence-electron chi connectivity index (χ4n) is 1.21.